The predicted octanol–water partition coefficient (Wildman–Crippen LogP) is 3.65. The van der Waals surface area contributed by atoms with Crippen LogP contribution >= 0.6 is 0 Å². The van der Waals surface area contributed by atoms with Gasteiger partial charge in [0.25, 0.3) is 0 Å². The number of carboxylic acids is 1. The van der Waals surface area contributed by atoms with E-state index in [4.69, 9.17) is 19.3 Å². The quantitative estimate of drug-likeness (QED) is 0.611. The first-order chi connectivity index (χ1) is 12.0. The van der Waals surface area contributed by atoms with Gasteiger partial charge < -0.3 is 19.3 Å². The minimum atomic E-state index is -1.03. The van der Waals surface area contributed by atoms with Crippen molar-refractivity contribution in [1.29, 1.82) is 0 Å². The van der Waals surface area contributed by atoms with Crippen molar-refractivity contribution in [2.24, 2.45) is 0 Å². The zero-order chi connectivity index (χ0) is 18.2. The highest BCUT2D eigenvalue weighted by atomic mass is 16.5. The number of rotatable bonds is 7. The smallest absolute Gasteiger partial charge is 0.328 e. The molecule has 0 saturated carbocycles. The lowest BCUT2D eigenvalue weighted by molar-refractivity contribution is -0.142. The first-order valence-electron chi connectivity index (χ1n) is 7.47. The molecule has 130 valence electrons. The number of carboxylic acid groups (broad SMARTS) is 1. The summed E-state index contributed by atoms with van der Waals surface area (Å²) in [6.07, 6.45) is 2.52. The molecule has 2 aromatic carbocycles. The third-order valence-electron chi connectivity index (χ3n) is 3.20. The molecule has 0 bridgehead atoms. The Balaban J connectivity index is 2.16. The minimum absolute atomic E-state index is 0.203. The molecule has 0 spiro atoms. The van der Waals surface area contributed by atoms with Crippen LogP contribution < -0.4 is 9.47 Å². The van der Waals surface area contributed by atoms with Crippen molar-refractivity contribution in [1.82, 2.24) is 0 Å². The highest BCUT2D eigenvalue weighted by Crippen LogP contribution is 2.33. The number of ether oxygens (including phenoxy) is 3. The van der Waals surface area contributed by atoms with Gasteiger partial charge in [0.1, 0.15) is 12.4 Å². The fraction of sp³-hybridized carbons (Fsp3) is 0.158. The molecule has 0 aliphatic carbocycles. The lowest BCUT2D eigenvalue weighted by Crippen LogP contribution is -1.98. The molecular formula is C19H18O6. The fourth-order valence-corrected chi connectivity index (χ4v) is 2.01. The summed E-state index contributed by atoms with van der Waals surface area (Å²) in [7, 11) is 1.52. The molecule has 0 saturated heterocycles. The highest BCUT2D eigenvalue weighted by Gasteiger charge is 2.07. The lowest BCUT2D eigenvalue weighted by Gasteiger charge is -2.11. The van der Waals surface area contributed by atoms with Crippen LogP contribution in [0.5, 0.6) is 17.2 Å². The van der Waals surface area contributed by atoms with Crippen molar-refractivity contribution in [3.8, 4) is 17.2 Å². The number of carbonyl (C=O) groups excluding carboxylic acids is 1. The average Bonchev–Trinajstić information content (AvgIpc) is 2.59. The largest absolute Gasteiger partial charge is 0.493 e. The molecule has 2 aromatic rings. The first-order valence-corrected chi connectivity index (χ1v) is 7.47. The topological polar surface area (TPSA) is 82.1 Å². The number of hydrogen-bond acceptors (Lipinski definition) is 5. The summed E-state index contributed by atoms with van der Waals surface area (Å²) < 4.78 is 16.0. The summed E-state index contributed by atoms with van der Waals surface area (Å²) in [4.78, 5) is 21.4. The molecule has 0 aliphatic rings. The van der Waals surface area contributed by atoms with Gasteiger partial charge in [-0.3, -0.25) is 4.79 Å². The highest BCUT2D eigenvalue weighted by molar-refractivity contribution is 5.85. The van der Waals surface area contributed by atoms with Gasteiger partial charge in [0, 0.05) is 13.0 Å². The maximum Gasteiger partial charge on any atom is 0.328 e. The summed E-state index contributed by atoms with van der Waals surface area (Å²) in [5.41, 5.74) is 1.51. The van der Waals surface area contributed by atoms with E-state index >= 15 is 0 Å². The van der Waals surface area contributed by atoms with Gasteiger partial charge >= 0.3 is 11.9 Å². The summed E-state index contributed by atoms with van der Waals surface area (Å²) in [5, 5.41) is 8.71. The fourth-order valence-electron chi connectivity index (χ4n) is 2.01. The van der Waals surface area contributed by atoms with E-state index in [2.05, 4.69) is 0 Å². The molecular weight excluding hydrogens is 324 g/mol. The van der Waals surface area contributed by atoms with Crippen LogP contribution in [0.2, 0.25) is 0 Å². The monoisotopic (exact) mass is 342 g/mol. The van der Waals surface area contributed by atoms with Crippen molar-refractivity contribution in [3.63, 3.8) is 0 Å². The Morgan fingerprint density at radius 3 is 2.40 bits per heavy atom. The third kappa shape index (κ3) is 5.69. The maximum atomic E-state index is 10.8. The van der Waals surface area contributed by atoms with Crippen LogP contribution in [0.15, 0.2) is 48.5 Å². The molecule has 6 nitrogen and oxygen atoms in total. The lowest BCUT2D eigenvalue weighted by atomic mass is 10.2. The third-order valence-corrected chi connectivity index (χ3v) is 3.20. The van der Waals surface area contributed by atoms with E-state index in [0.717, 1.165) is 11.6 Å². The van der Waals surface area contributed by atoms with Gasteiger partial charge in [0.05, 0.1) is 7.11 Å². The van der Waals surface area contributed by atoms with Gasteiger partial charge in [-0.1, -0.05) is 18.2 Å². The van der Waals surface area contributed by atoms with Gasteiger partial charge in [-0.2, -0.15) is 0 Å². The number of carbonyl (C=O) groups is 2. The van der Waals surface area contributed by atoms with Crippen molar-refractivity contribution < 1.29 is 28.9 Å². The maximum absolute atomic E-state index is 10.8. The molecule has 0 amide bonds. The zero-order valence-corrected chi connectivity index (χ0v) is 13.9. The Hall–Kier alpha value is -3.28. The van der Waals surface area contributed by atoms with E-state index in [9.17, 15) is 9.59 Å². The van der Waals surface area contributed by atoms with Crippen LogP contribution in [0.3, 0.4) is 0 Å². The molecule has 0 unspecified atom stereocenters. The Morgan fingerprint density at radius 1 is 1.08 bits per heavy atom. The van der Waals surface area contributed by atoms with Crippen LogP contribution in [0, 0.1) is 0 Å². The van der Waals surface area contributed by atoms with Gasteiger partial charge in [0.15, 0.2) is 11.5 Å². The molecule has 1 N–H and O–H groups in total. The predicted molar refractivity (Wildman–Crippen MR) is 91.6 cm³/mol. The van der Waals surface area contributed by atoms with Gasteiger partial charge in [0.2, 0.25) is 0 Å². The number of aliphatic carboxylic acids is 1. The van der Waals surface area contributed by atoms with Gasteiger partial charge in [-0.05, 0) is 41.5 Å². The molecule has 0 aliphatic heterocycles. The summed E-state index contributed by atoms with van der Waals surface area (Å²) >= 11 is 0. The second kappa shape index (κ2) is 8.54. The van der Waals surface area contributed by atoms with Crippen LogP contribution in [0.4, 0.5) is 0 Å². The van der Waals surface area contributed by atoms with E-state index in [-0.39, 0.29) is 12.6 Å². The van der Waals surface area contributed by atoms with Gasteiger partial charge in [-0.25, -0.2) is 4.79 Å². The minimum Gasteiger partial charge on any atom is -0.493 e. The molecule has 0 aromatic heterocycles. The first kappa shape index (κ1) is 18.1. The second-order valence-electron chi connectivity index (χ2n) is 5.11. The van der Waals surface area contributed by atoms with Crippen molar-refractivity contribution in [3.05, 3.63) is 59.7 Å². The van der Waals surface area contributed by atoms with E-state index < -0.39 is 5.97 Å². The average molecular weight is 342 g/mol. The van der Waals surface area contributed by atoms with Crippen molar-refractivity contribution >= 4 is 18.0 Å². The Bertz CT molecular complexity index is 777. The van der Waals surface area contributed by atoms with Crippen LogP contribution in [0.1, 0.15) is 18.1 Å². The Kier molecular flexibility index (Phi) is 6.17. The number of hydrogen-bond donors (Lipinski definition) is 1. The molecule has 25 heavy (non-hydrogen) atoms. The summed E-state index contributed by atoms with van der Waals surface area (Å²) in [6.45, 7) is 1.56. The van der Waals surface area contributed by atoms with Crippen LogP contribution in [-0.4, -0.2) is 24.2 Å². The second-order valence-corrected chi connectivity index (χ2v) is 5.11. The van der Waals surface area contributed by atoms with Crippen molar-refractivity contribution in [2.45, 2.75) is 13.5 Å². The van der Waals surface area contributed by atoms with Crippen molar-refractivity contribution in [2.75, 3.05) is 7.11 Å². The molecule has 2 rings (SSSR count). The number of esters is 1. The summed E-state index contributed by atoms with van der Waals surface area (Å²) in [6, 6.07) is 12.2. The molecule has 0 atom stereocenters. The zero-order valence-electron chi connectivity index (χ0n) is 13.9. The SMILES string of the molecule is COc1ccc(C=CC(=O)O)cc1Oc1ccc(COC(C)=O)cc1. The Morgan fingerprint density at radius 2 is 1.80 bits per heavy atom. The van der Waals surface area contributed by atoms with E-state index in [1.807, 2.05) is 0 Å². The normalized spacial score (nSPS) is 10.5. The number of methoxy groups -OCH3 is 1. The van der Waals surface area contributed by atoms with E-state index in [1.54, 1.807) is 42.5 Å². The molecule has 6 heteroatoms. The van der Waals surface area contributed by atoms with Crippen LogP contribution in [-0.2, 0) is 20.9 Å². The molecule has 0 fully saturated rings. The number of benzene rings is 2. The van der Waals surface area contributed by atoms with E-state index in [1.165, 1.54) is 20.1 Å². The molecule has 0 heterocycles. The van der Waals surface area contributed by atoms with Crippen LogP contribution in [0.25, 0.3) is 6.08 Å². The van der Waals surface area contributed by atoms with Gasteiger partial charge in [-0.15, -0.1) is 0 Å². The standard InChI is InChI=1S/C19H18O6/c1-13(20)24-12-15-3-7-16(8-4-15)25-18-11-14(6-10-19(21)22)5-9-17(18)23-2/h3-11H,12H2,1-2H3,(H,21,22). The Labute approximate surface area is 145 Å². The summed E-state index contributed by atoms with van der Waals surface area (Å²) in [5.74, 6) is 0.196. The molecule has 0 radical (unpaired) electrons. The van der Waals surface area contributed by atoms with E-state index in [0.29, 0.717) is 22.8 Å².